The number of benzene rings is 2. The summed E-state index contributed by atoms with van der Waals surface area (Å²) < 4.78 is 14.2. The summed E-state index contributed by atoms with van der Waals surface area (Å²) in [4.78, 5) is 41.5. The quantitative estimate of drug-likeness (QED) is 0.322. The molecule has 0 unspecified atom stereocenters. The molecule has 2 N–H and O–H groups in total. The number of carbonyl (C=O) groups is 3. The first-order valence-corrected chi connectivity index (χ1v) is 15.6. The predicted molar refractivity (Wildman–Crippen MR) is 154 cm³/mol. The van der Waals surface area contributed by atoms with E-state index in [0.29, 0.717) is 63.9 Å². The van der Waals surface area contributed by atoms with Crippen LogP contribution >= 0.6 is 7.29 Å². The van der Waals surface area contributed by atoms with Gasteiger partial charge in [-0.25, -0.2) is 4.79 Å². The van der Waals surface area contributed by atoms with Gasteiger partial charge in [0.15, 0.2) is 0 Å². The van der Waals surface area contributed by atoms with Crippen molar-refractivity contribution in [2.24, 2.45) is 0 Å². The fraction of sp³-hybridized carbons (Fsp3) is 0.483. The summed E-state index contributed by atoms with van der Waals surface area (Å²) in [6, 6.07) is 17.6. The molecule has 8 nitrogen and oxygen atoms in total. The molecule has 0 aromatic heterocycles. The summed E-state index contributed by atoms with van der Waals surface area (Å²) in [5.74, 6) is -1.55. The van der Waals surface area contributed by atoms with E-state index in [2.05, 4.69) is 5.09 Å². The van der Waals surface area contributed by atoms with Crippen LogP contribution in [-0.4, -0.2) is 106 Å². The van der Waals surface area contributed by atoms with E-state index in [1.165, 1.54) is 4.90 Å². The number of amides is 2. The van der Waals surface area contributed by atoms with Crippen molar-refractivity contribution < 1.29 is 24.1 Å². The molecule has 2 aromatic carbocycles. The molecule has 4 rings (SSSR count). The van der Waals surface area contributed by atoms with Gasteiger partial charge in [-0.15, -0.1) is 0 Å². The first kappa shape index (κ1) is 31.6. The fourth-order valence-corrected chi connectivity index (χ4v) is 8.11. The third kappa shape index (κ3) is 8.27. The van der Waals surface area contributed by atoms with Crippen molar-refractivity contribution in [1.82, 2.24) is 14.9 Å². The molecule has 2 saturated heterocycles. The minimum atomic E-state index is -2.96. The SMILES string of the molecule is C[C@H](NP(=O)(CCc1ccccc1)CCc1ccccc1)C(=O)N1CCC[C@H]1C(=O)N1CCC[C@H]1C(=O)O.[NaH]. The summed E-state index contributed by atoms with van der Waals surface area (Å²) in [7, 11) is -2.96. The molecule has 2 amide bonds. The summed E-state index contributed by atoms with van der Waals surface area (Å²) in [5, 5.41) is 12.7. The van der Waals surface area contributed by atoms with Gasteiger partial charge in [0.1, 0.15) is 19.4 Å². The van der Waals surface area contributed by atoms with Crippen molar-refractivity contribution in [2.75, 3.05) is 25.4 Å². The van der Waals surface area contributed by atoms with Gasteiger partial charge in [0.25, 0.3) is 0 Å². The molecule has 0 radical (unpaired) electrons. The van der Waals surface area contributed by atoms with Crippen LogP contribution in [0.4, 0.5) is 0 Å². The Balaban J connectivity index is 0.00000420. The van der Waals surface area contributed by atoms with Crippen molar-refractivity contribution in [3.8, 4) is 0 Å². The van der Waals surface area contributed by atoms with E-state index in [0.717, 1.165) is 11.1 Å². The molecule has 2 aliphatic heterocycles. The fourth-order valence-electron chi connectivity index (χ4n) is 5.57. The third-order valence-corrected chi connectivity index (χ3v) is 10.4. The Hall–Kier alpha value is -1.96. The third-order valence-electron chi connectivity index (χ3n) is 7.65. The number of aliphatic carboxylic acids is 1. The average Bonchev–Trinajstić information content (AvgIpc) is 3.62. The summed E-state index contributed by atoms with van der Waals surface area (Å²) in [5.41, 5.74) is 2.19. The Labute approximate surface area is 253 Å². The minimum absolute atomic E-state index is 0. The van der Waals surface area contributed by atoms with E-state index in [1.807, 2.05) is 60.7 Å². The van der Waals surface area contributed by atoms with Crippen molar-refractivity contribution in [1.29, 1.82) is 0 Å². The molecule has 0 bridgehead atoms. The number of likely N-dealkylation sites (tertiary alicyclic amines) is 2. The standard InChI is InChI=1S/C29H38N3O5P.Na.H/c1-22(27(33)31-18-8-14-25(31)28(34)32-19-9-15-26(32)29(35)36)30-38(37,20-16-23-10-4-2-5-11-23)21-17-24-12-6-3-7-13-24;;/h2-7,10-13,22,25-26H,8-9,14-21H2,1H3,(H,30,37)(H,35,36);;/t22-,25-,26-;;/m0../s1. The van der Waals surface area contributed by atoms with Crippen LogP contribution in [0.5, 0.6) is 0 Å². The van der Waals surface area contributed by atoms with E-state index in [4.69, 9.17) is 0 Å². The second-order valence-corrected chi connectivity index (χ2v) is 13.3. The number of aryl methyl sites for hydroxylation is 2. The molecular weight excluding hydrogens is 524 g/mol. The molecule has 0 saturated carbocycles. The van der Waals surface area contributed by atoms with E-state index < -0.39 is 31.4 Å². The summed E-state index contributed by atoms with van der Waals surface area (Å²) >= 11 is 0. The van der Waals surface area contributed by atoms with Crippen LogP contribution < -0.4 is 5.09 Å². The Bertz CT molecular complexity index is 1120. The molecule has 0 aliphatic carbocycles. The van der Waals surface area contributed by atoms with Gasteiger partial charge >= 0.3 is 35.5 Å². The molecule has 3 atom stereocenters. The maximum absolute atomic E-state index is 14.2. The number of carboxylic acids is 1. The van der Waals surface area contributed by atoms with Crippen LogP contribution in [0, 0.1) is 0 Å². The molecule has 39 heavy (non-hydrogen) atoms. The van der Waals surface area contributed by atoms with Gasteiger partial charge in [0.05, 0.1) is 6.04 Å². The molecular formula is C29H39N3NaO5P. The summed E-state index contributed by atoms with van der Waals surface area (Å²) in [6.07, 6.45) is 4.41. The first-order valence-electron chi connectivity index (χ1n) is 13.5. The van der Waals surface area contributed by atoms with Crippen LogP contribution in [0.3, 0.4) is 0 Å². The molecule has 2 aromatic rings. The van der Waals surface area contributed by atoms with Gasteiger partial charge < -0.3 is 19.5 Å². The average molecular weight is 564 g/mol. The number of carbonyl (C=O) groups excluding carboxylic acids is 2. The number of hydrogen-bond donors (Lipinski definition) is 2. The Morgan fingerprint density at radius 1 is 0.872 bits per heavy atom. The normalized spacial score (nSPS) is 19.9. The molecule has 206 valence electrons. The second-order valence-electron chi connectivity index (χ2n) is 10.4. The predicted octanol–water partition coefficient (Wildman–Crippen LogP) is 3.15. The van der Waals surface area contributed by atoms with Gasteiger partial charge in [0.2, 0.25) is 11.8 Å². The Morgan fingerprint density at radius 2 is 1.36 bits per heavy atom. The maximum atomic E-state index is 14.2. The molecule has 2 fully saturated rings. The molecule has 2 heterocycles. The molecule has 2 aliphatic rings. The van der Waals surface area contributed by atoms with Crippen molar-refractivity contribution in [3.05, 3.63) is 71.8 Å². The molecule has 0 spiro atoms. The van der Waals surface area contributed by atoms with Crippen molar-refractivity contribution in [3.63, 3.8) is 0 Å². The monoisotopic (exact) mass is 563 g/mol. The van der Waals surface area contributed by atoms with Gasteiger partial charge in [-0.1, -0.05) is 60.7 Å². The number of hydrogen-bond acceptors (Lipinski definition) is 4. The van der Waals surface area contributed by atoms with Crippen LogP contribution in [0.25, 0.3) is 0 Å². The number of rotatable bonds is 11. The molecule has 10 heteroatoms. The van der Waals surface area contributed by atoms with Gasteiger partial charge in [-0.3, -0.25) is 14.7 Å². The van der Waals surface area contributed by atoms with Crippen LogP contribution in [0.1, 0.15) is 43.7 Å². The zero-order chi connectivity index (χ0) is 27.1. The van der Waals surface area contributed by atoms with Crippen LogP contribution in [0.15, 0.2) is 60.7 Å². The Morgan fingerprint density at radius 3 is 1.87 bits per heavy atom. The first-order chi connectivity index (χ1) is 18.3. The second kappa shape index (κ2) is 14.6. The topological polar surface area (TPSA) is 107 Å². The van der Waals surface area contributed by atoms with E-state index in [-0.39, 0.29) is 41.4 Å². The van der Waals surface area contributed by atoms with Crippen LogP contribution in [-0.2, 0) is 31.8 Å². The van der Waals surface area contributed by atoms with E-state index >= 15 is 0 Å². The Kier molecular flexibility index (Phi) is 11.8. The zero-order valence-corrected chi connectivity index (χ0v) is 22.9. The number of carboxylic acid groups (broad SMARTS) is 1. The van der Waals surface area contributed by atoms with Crippen molar-refractivity contribution in [2.45, 2.75) is 63.6 Å². The van der Waals surface area contributed by atoms with Gasteiger partial charge in [-0.2, -0.15) is 0 Å². The van der Waals surface area contributed by atoms with Gasteiger partial charge in [0, 0.05) is 25.4 Å². The van der Waals surface area contributed by atoms with Gasteiger partial charge in [-0.05, 0) is 56.6 Å². The van der Waals surface area contributed by atoms with E-state index in [9.17, 15) is 24.1 Å². The number of nitrogens with zero attached hydrogens (tertiary/aromatic N) is 2. The summed E-state index contributed by atoms with van der Waals surface area (Å²) in [6.45, 7) is 2.55. The van der Waals surface area contributed by atoms with E-state index in [1.54, 1.807) is 11.8 Å². The van der Waals surface area contributed by atoms with Crippen LogP contribution in [0.2, 0.25) is 0 Å². The zero-order valence-electron chi connectivity index (χ0n) is 22.0. The number of nitrogens with one attached hydrogen (secondary N) is 1. The van der Waals surface area contributed by atoms with Crippen molar-refractivity contribution >= 4 is 54.6 Å².